The standard InChI is InChI=1S/C18H30N2O/c1-4-5-9-12-18(2,3)14-20-17(21)16(19)13-15-10-7-6-8-11-15/h6-8,10-11,16H,4-5,9,12-14,19H2,1-3H3,(H,20,21)/t16-/m0/s1. The van der Waals surface area contributed by atoms with E-state index >= 15 is 0 Å². The number of carbonyl (C=O) groups excluding carboxylic acids is 1. The lowest BCUT2D eigenvalue weighted by atomic mass is 9.87. The van der Waals surface area contributed by atoms with Crippen molar-refractivity contribution in [1.29, 1.82) is 0 Å². The summed E-state index contributed by atoms with van der Waals surface area (Å²) in [5.74, 6) is -0.0533. The third-order valence-corrected chi connectivity index (χ3v) is 3.83. The molecule has 0 bridgehead atoms. The van der Waals surface area contributed by atoms with Gasteiger partial charge in [0.1, 0.15) is 0 Å². The zero-order chi connectivity index (χ0) is 15.7. The Morgan fingerprint density at radius 3 is 2.52 bits per heavy atom. The second-order valence-electron chi connectivity index (χ2n) is 6.64. The van der Waals surface area contributed by atoms with Crippen LogP contribution in [0.25, 0.3) is 0 Å². The molecule has 1 atom stereocenters. The maximum Gasteiger partial charge on any atom is 0.237 e. The van der Waals surface area contributed by atoms with Gasteiger partial charge >= 0.3 is 0 Å². The van der Waals surface area contributed by atoms with Gasteiger partial charge in [0.2, 0.25) is 5.91 Å². The minimum atomic E-state index is -0.473. The Morgan fingerprint density at radius 1 is 1.24 bits per heavy atom. The first-order valence-corrected chi connectivity index (χ1v) is 8.02. The molecule has 0 saturated carbocycles. The number of amides is 1. The van der Waals surface area contributed by atoms with Crippen LogP contribution < -0.4 is 11.1 Å². The average molecular weight is 290 g/mol. The summed E-state index contributed by atoms with van der Waals surface area (Å²) in [4.78, 5) is 12.1. The molecule has 0 fully saturated rings. The third kappa shape index (κ3) is 7.28. The molecular formula is C18H30N2O. The third-order valence-electron chi connectivity index (χ3n) is 3.83. The van der Waals surface area contributed by atoms with E-state index in [1.54, 1.807) is 0 Å². The lowest BCUT2D eigenvalue weighted by Gasteiger charge is -2.25. The van der Waals surface area contributed by atoms with Crippen molar-refractivity contribution in [2.45, 2.75) is 58.9 Å². The fourth-order valence-corrected chi connectivity index (χ4v) is 2.36. The van der Waals surface area contributed by atoms with E-state index in [0.29, 0.717) is 13.0 Å². The summed E-state index contributed by atoms with van der Waals surface area (Å²) >= 11 is 0. The van der Waals surface area contributed by atoms with Crippen LogP contribution in [0.2, 0.25) is 0 Å². The van der Waals surface area contributed by atoms with Crippen LogP contribution in [-0.4, -0.2) is 18.5 Å². The predicted octanol–water partition coefficient (Wildman–Crippen LogP) is 3.28. The Labute approximate surface area is 129 Å². The van der Waals surface area contributed by atoms with Crippen LogP contribution in [0.1, 0.15) is 52.0 Å². The van der Waals surface area contributed by atoms with Gasteiger partial charge in [-0.2, -0.15) is 0 Å². The molecule has 0 aliphatic carbocycles. The number of nitrogens with two attached hydrogens (primary N) is 1. The van der Waals surface area contributed by atoms with Crippen molar-refractivity contribution in [3.8, 4) is 0 Å². The molecule has 0 unspecified atom stereocenters. The SMILES string of the molecule is CCCCCC(C)(C)CNC(=O)[C@@H](N)Cc1ccccc1. The van der Waals surface area contributed by atoms with Gasteiger partial charge in [0, 0.05) is 6.54 Å². The molecule has 0 aliphatic heterocycles. The first-order valence-electron chi connectivity index (χ1n) is 8.02. The molecule has 3 N–H and O–H groups in total. The van der Waals surface area contributed by atoms with Crippen LogP contribution in [-0.2, 0) is 11.2 Å². The van der Waals surface area contributed by atoms with E-state index in [2.05, 4.69) is 26.1 Å². The van der Waals surface area contributed by atoms with E-state index in [4.69, 9.17) is 5.73 Å². The topological polar surface area (TPSA) is 55.1 Å². The smallest absolute Gasteiger partial charge is 0.237 e. The largest absolute Gasteiger partial charge is 0.354 e. The van der Waals surface area contributed by atoms with E-state index in [0.717, 1.165) is 12.0 Å². The van der Waals surface area contributed by atoms with E-state index in [-0.39, 0.29) is 11.3 Å². The molecule has 1 rings (SSSR count). The second kappa shape index (κ2) is 8.83. The van der Waals surface area contributed by atoms with Crippen molar-refractivity contribution in [2.75, 3.05) is 6.54 Å². The van der Waals surface area contributed by atoms with Gasteiger partial charge < -0.3 is 11.1 Å². The zero-order valence-corrected chi connectivity index (χ0v) is 13.7. The summed E-state index contributed by atoms with van der Waals surface area (Å²) in [6, 6.07) is 9.43. The van der Waals surface area contributed by atoms with Crippen LogP contribution in [0.5, 0.6) is 0 Å². The summed E-state index contributed by atoms with van der Waals surface area (Å²) in [6.07, 6.45) is 5.42. The van der Waals surface area contributed by atoms with Crippen LogP contribution in [0.15, 0.2) is 30.3 Å². The number of rotatable bonds is 9. The minimum absolute atomic E-state index is 0.0533. The molecule has 1 aromatic rings. The van der Waals surface area contributed by atoms with Gasteiger partial charge in [-0.05, 0) is 23.8 Å². The minimum Gasteiger partial charge on any atom is -0.354 e. The van der Waals surface area contributed by atoms with Crippen LogP contribution in [0.4, 0.5) is 0 Å². The van der Waals surface area contributed by atoms with Gasteiger partial charge in [-0.1, -0.05) is 70.4 Å². The van der Waals surface area contributed by atoms with E-state index in [9.17, 15) is 4.79 Å². The number of nitrogens with one attached hydrogen (secondary N) is 1. The Balaban J connectivity index is 2.35. The van der Waals surface area contributed by atoms with Crippen molar-refractivity contribution in [1.82, 2.24) is 5.32 Å². The van der Waals surface area contributed by atoms with Crippen molar-refractivity contribution >= 4 is 5.91 Å². The van der Waals surface area contributed by atoms with Gasteiger partial charge in [-0.15, -0.1) is 0 Å². The average Bonchev–Trinajstić information content (AvgIpc) is 2.46. The van der Waals surface area contributed by atoms with Crippen molar-refractivity contribution < 1.29 is 4.79 Å². The molecule has 0 radical (unpaired) electrons. The van der Waals surface area contributed by atoms with Crippen molar-refractivity contribution in [3.63, 3.8) is 0 Å². The van der Waals surface area contributed by atoms with E-state index in [1.807, 2.05) is 30.3 Å². The Hall–Kier alpha value is -1.35. The summed E-state index contributed by atoms with van der Waals surface area (Å²) in [5.41, 5.74) is 7.22. The molecule has 1 aromatic carbocycles. The predicted molar refractivity (Wildman–Crippen MR) is 89.1 cm³/mol. The molecule has 21 heavy (non-hydrogen) atoms. The maximum absolute atomic E-state index is 12.1. The van der Waals surface area contributed by atoms with Gasteiger partial charge in [0.05, 0.1) is 6.04 Å². The quantitative estimate of drug-likeness (QED) is 0.686. The van der Waals surface area contributed by atoms with E-state index in [1.165, 1.54) is 19.3 Å². The summed E-state index contributed by atoms with van der Waals surface area (Å²) in [6.45, 7) is 7.30. The lowest BCUT2D eigenvalue weighted by molar-refractivity contribution is -0.122. The zero-order valence-electron chi connectivity index (χ0n) is 13.7. The van der Waals surface area contributed by atoms with Crippen LogP contribution in [0.3, 0.4) is 0 Å². The molecule has 0 spiro atoms. The van der Waals surface area contributed by atoms with E-state index < -0.39 is 6.04 Å². The fourth-order valence-electron chi connectivity index (χ4n) is 2.36. The number of carbonyl (C=O) groups is 1. The van der Waals surface area contributed by atoms with Crippen LogP contribution >= 0.6 is 0 Å². The first kappa shape index (κ1) is 17.7. The molecule has 3 heteroatoms. The number of benzene rings is 1. The number of hydrogen-bond donors (Lipinski definition) is 2. The highest BCUT2D eigenvalue weighted by atomic mass is 16.2. The summed E-state index contributed by atoms with van der Waals surface area (Å²) in [5, 5.41) is 3.01. The van der Waals surface area contributed by atoms with Crippen LogP contribution in [0, 0.1) is 5.41 Å². The van der Waals surface area contributed by atoms with Crippen molar-refractivity contribution in [3.05, 3.63) is 35.9 Å². The fraction of sp³-hybridized carbons (Fsp3) is 0.611. The molecule has 0 aromatic heterocycles. The van der Waals surface area contributed by atoms with Gasteiger partial charge in [0.15, 0.2) is 0 Å². The monoisotopic (exact) mass is 290 g/mol. The second-order valence-corrected chi connectivity index (χ2v) is 6.64. The molecule has 118 valence electrons. The molecule has 0 aliphatic rings. The Kier molecular flexibility index (Phi) is 7.44. The van der Waals surface area contributed by atoms with Gasteiger partial charge in [-0.3, -0.25) is 4.79 Å². The molecule has 0 heterocycles. The number of hydrogen-bond acceptors (Lipinski definition) is 2. The Morgan fingerprint density at radius 2 is 1.90 bits per heavy atom. The first-order chi connectivity index (χ1) is 9.94. The highest BCUT2D eigenvalue weighted by molar-refractivity contribution is 5.81. The molecule has 3 nitrogen and oxygen atoms in total. The van der Waals surface area contributed by atoms with Gasteiger partial charge in [-0.25, -0.2) is 0 Å². The number of unbranched alkanes of at least 4 members (excludes halogenated alkanes) is 2. The molecule has 0 saturated heterocycles. The molecular weight excluding hydrogens is 260 g/mol. The normalized spacial score (nSPS) is 13.0. The Bertz CT molecular complexity index is 414. The summed E-state index contributed by atoms with van der Waals surface area (Å²) < 4.78 is 0. The van der Waals surface area contributed by atoms with Gasteiger partial charge in [0.25, 0.3) is 0 Å². The highest BCUT2D eigenvalue weighted by Crippen LogP contribution is 2.22. The molecule has 1 amide bonds. The van der Waals surface area contributed by atoms with Crippen molar-refractivity contribution in [2.24, 2.45) is 11.1 Å². The maximum atomic E-state index is 12.1. The highest BCUT2D eigenvalue weighted by Gasteiger charge is 2.20. The lowest BCUT2D eigenvalue weighted by Crippen LogP contribution is -2.45. The summed E-state index contributed by atoms with van der Waals surface area (Å²) in [7, 11) is 0.